The number of pyridine rings is 1. The zero-order valence-electron chi connectivity index (χ0n) is 16.8. The number of carbonyl (C=O) groups is 2. The molecule has 0 saturated carbocycles. The summed E-state index contributed by atoms with van der Waals surface area (Å²) in [5.41, 5.74) is 1.05. The fourth-order valence-corrected chi connectivity index (χ4v) is 3.42. The zero-order chi connectivity index (χ0) is 21.0. The zero-order valence-corrected chi connectivity index (χ0v) is 16.8. The van der Waals surface area contributed by atoms with Crippen LogP contribution >= 0.6 is 0 Å². The van der Waals surface area contributed by atoms with Crippen LogP contribution in [0.25, 0.3) is 5.76 Å². The minimum Gasteiger partial charge on any atom is -0.507 e. The van der Waals surface area contributed by atoms with Crippen LogP contribution in [0, 0.1) is 0 Å². The molecule has 1 aliphatic rings. The molecule has 152 valence electrons. The number of aliphatic hydroxyl groups excluding tert-OH is 1. The molecule has 0 aliphatic carbocycles. The van der Waals surface area contributed by atoms with Crippen LogP contribution < -0.4 is 4.74 Å². The Morgan fingerprint density at radius 2 is 1.90 bits per heavy atom. The van der Waals surface area contributed by atoms with Crippen LogP contribution in [0.1, 0.15) is 23.7 Å². The van der Waals surface area contributed by atoms with Crippen molar-refractivity contribution in [2.45, 2.75) is 12.5 Å². The molecule has 7 nitrogen and oxygen atoms in total. The Kier molecular flexibility index (Phi) is 6.29. The molecule has 0 radical (unpaired) electrons. The number of carbonyl (C=O) groups excluding carboxylic acids is 2. The first-order valence-corrected chi connectivity index (χ1v) is 9.42. The number of nitrogens with zero attached hydrogens (tertiary/aromatic N) is 3. The van der Waals surface area contributed by atoms with Gasteiger partial charge < -0.3 is 19.6 Å². The molecule has 1 N–H and O–H groups in total. The molecule has 1 unspecified atom stereocenters. The second-order valence-corrected chi connectivity index (χ2v) is 7.13. The summed E-state index contributed by atoms with van der Waals surface area (Å²) in [5.74, 6) is -0.892. The third-order valence-electron chi connectivity index (χ3n) is 4.88. The molecule has 29 heavy (non-hydrogen) atoms. The van der Waals surface area contributed by atoms with Crippen molar-refractivity contribution in [3.8, 4) is 5.75 Å². The van der Waals surface area contributed by atoms with Gasteiger partial charge in [0.25, 0.3) is 11.7 Å². The summed E-state index contributed by atoms with van der Waals surface area (Å²) in [6.45, 7) is 1.17. The quantitative estimate of drug-likeness (QED) is 0.441. The highest BCUT2D eigenvalue weighted by molar-refractivity contribution is 6.46. The topological polar surface area (TPSA) is 83.0 Å². The van der Waals surface area contributed by atoms with Crippen LogP contribution in [-0.2, 0) is 9.59 Å². The van der Waals surface area contributed by atoms with Crippen molar-refractivity contribution in [1.82, 2.24) is 14.8 Å². The second kappa shape index (κ2) is 8.87. The molecular weight excluding hydrogens is 370 g/mol. The van der Waals surface area contributed by atoms with E-state index in [-0.39, 0.29) is 11.3 Å². The highest BCUT2D eigenvalue weighted by Crippen LogP contribution is 2.38. The van der Waals surface area contributed by atoms with Crippen LogP contribution in [0.2, 0.25) is 0 Å². The van der Waals surface area contributed by atoms with Crippen molar-refractivity contribution < 1.29 is 19.4 Å². The second-order valence-electron chi connectivity index (χ2n) is 7.13. The van der Waals surface area contributed by atoms with Crippen molar-refractivity contribution in [3.63, 3.8) is 0 Å². The molecule has 1 aromatic carbocycles. The normalized spacial score (nSPS) is 18.5. The lowest BCUT2D eigenvalue weighted by atomic mass is 9.98. The largest absolute Gasteiger partial charge is 0.507 e. The van der Waals surface area contributed by atoms with E-state index in [9.17, 15) is 14.7 Å². The molecule has 2 aromatic rings. The molecule has 1 atom stereocenters. The molecule has 0 bridgehead atoms. The SMILES string of the molecule is COc1ccc(C(O)=C2C(=O)C(=O)N(CCCN(C)C)C2c2ccccn2)cc1. The summed E-state index contributed by atoms with van der Waals surface area (Å²) in [4.78, 5) is 33.5. The summed E-state index contributed by atoms with van der Waals surface area (Å²) >= 11 is 0. The van der Waals surface area contributed by atoms with E-state index in [1.807, 2.05) is 19.0 Å². The lowest BCUT2D eigenvalue weighted by Crippen LogP contribution is -2.32. The van der Waals surface area contributed by atoms with Crippen LogP contribution in [0.4, 0.5) is 0 Å². The first kappa shape index (κ1) is 20.5. The van der Waals surface area contributed by atoms with Gasteiger partial charge in [0.2, 0.25) is 0 Å². The first-order chi connectivity index (χ1) is 13.9. The van der Waals surface area contributed by atoms with Gasteiger partial charge in [0.1, 0.15) is 17.6 Å². The highest BCUT2D eigenvalue weighted by atomic mass is 16.5. The van der Waals surface area contributed by atoms with E-state index in [1.165, 1.54) is 4.90 Å². The van der Waals surface area contributed by atoms with Gasteiger partial charge in [-0.1, -0.05) is 6.07 Å². The van der Waals surface area contributed by atoms with Crippen LogP contribution in [-0.4, -0.2) is 65.9 Å². The van der Waals surface area contributed by atoms with E-state index in [0.29, 0.717) is 30.0 Å². The molecule has 1 aliphatic heterocycles. The average Bonchev–Trinajstić information content (AvgIpc) is 2.98. The lowest BCUT2D eigenvalue weighted by Gasteiger charge is -2.25. The first-order valence-electron chi connectivity index (χ1n) is 9.42. The van der Waals surface area contributed by atoms with Gasteiger partial charge in [-0.2, -0.15) is 0 Å². The molecule has 7 heteroatoms. The van der Waals surface area contributed by atoms with Gasteiger partial charge in [0, 0.05) is 18.3 Å². The molecule has 1 amide bonds. The fraction of sp³-hybridized carbons (Fsp3) is 0.318. The number of amides is 1. The van der Waals surface area contributed by atoms with Crippen molar-refractivity contribution in [3.05, 3.63) is 65.5 Å². The predicted molar refractivity (Wildman–Crippen MR) is 109 cm³/mol. The van der Waals surface area contributed by atoms with E-state index in [0.717, 1.165) is 6.54 Å². The Morgan fingerprint density at radius 1 is 1.17 bits per heavy atom. The van der Waals surface area contributed by atoms with Gasteiger partial charge in [-0.05, 0) is 63.5 Å². The molecule has 3 rings (SSSR count). The molecule has 1 fully saturated rings. The Bertz CT molecular complexity index is 907. The Labute approximate surface area is 170 Å². The standard InChI is InChI=1S/C22H25N3O4/c1-24(2)13-6-14-25-19(17-7-4-5-12-23-17)18(21(27)22(25)28)20(26)15-8-10-16(29-3)11-9-15/h4-5,7-12,19,26H,6,13-14H2,1-3H3. The lowest BCUT2D eigenvalue weighted by molar-refractivity contribution is -0.140. The van der Waals surface area contributed by atoms with Gasteiger partial charge in [0.05, 0.1) is 18.4 Å². The van der Waals surface area contributed by atoms with Gasteiger partial charge in [0.15, 0.2) is 0 Å². The molecular formula is C22H25N3O4. The Morgan fingerprint density at radius 3 is 2.48 bits per heavy atom. The number of benzene rings is 1. The predicted octanol–water partition coefficient (Wildman–Crippen LogP) is 2.46. The number of hydrogen-bond donors (Lipinski definition) is 1. The Hall–Kier alpha value is -3.19. The van der Waals surface area contributed by atoms with Crippen molar-refractivity contribution in [2.24, 2.45) is 0 Å². The summed E-state index contributed by atoms with van der Waals surface area (Å²) in [7, 11) is 5.46. The maximum atomic E-state index is 12.9. The molecule has 1 saturated heterocycles. The number of methoxy groups -OCH3 is 1. The number of ether oxygens (including phenoxy) is 1. The minimum atomic E-state index is -0.722. The number of Topliss-reactive ketones (excluding diaryl/α,β-unsaturated/α-hetero) is 1. The summed E-state index contributed by atoms with van der Waals surface area (Å²) in [5, 5.41) is 10.9. The molecule has 2 heterocycles. The molecule has 0 spiro atoms. The monoisotopic (exact) mass is 395 g/mol. The van der Waals surface area contributed by atoms with Gasteiger partial charge in [-0.3, -0.25) is 14.6 Å². The van der Waals surface area contributed by atoms with Crippen molar-refractivity contribution in [2.75, 3.05) is 34.3 Å². The number of hydrogen-bond acceptors (Lipinski definition) is 6. The van der Waals surface area contributed by atoms with E-state index >= 15 is 0 Å². The number of aliphatic hydroxyl groups is 1. The number of aromatic nitrogens is 1. The summed E-state index contributed by atoms with van der Waals surface area (Å²) in [6, 6.07) is 11.3. The third kappa shape index (κ3) is 4.30. The van der Waals surface area contributed by atoms with Gasteiger partial charge in [-0.25, -0.2) is 0 Å². The van der Waals surface area contributed by atoms with Crippen LogP contribution in [0.15, 0.2) is 54.2 Å². The highest BCUT2D eigenvalue weighted by Gasteiger charge is 2.46. The van der Waals surface area contributed by atoms with Crippen LogP contribution in [0.3, 0.4) is 0 Å². The van der Waals surface area contributed by atoms with Gasteiger partial charge >= 0.3 is 0 Å². The van der Waals surface area contributed by atoms with Gasteiger partial charge in [-0.15, -0.1) is 0 Å². The van der Waals surface area contributed by atoms with E-state index in [2.05, 4.69) is 4.98 Å². The number of rotatable bonds is 7. The number of likely N-dealkylation sites (tertiary alicyclic amines) is 1. The summed E-state index contributed by atoms with van der Waals surface area (Å²) in [6.07, 6.45) is 2.31. The average molecular weight is 395 g/mol. The van der Waals surface area contributed by atoms with Crippen molar-refractivity contribution in [1.29, 1.82) is 0 Å². The minimum absolute atomic E-state index is 0.0590. The maximum absolute atomic E-state index is 12.9. The fourth-order valence-electron chi connectivity index (χ4n) is 3.42. The third-order valence-corrected chi connectivity index (χ3v) is 4.88. The van der Waals surface area contributed by atoms with E-state index in [1.54, 1.807) is 55.8 Å². The summed E-state index contributed by atoms with van der Waals surface area (Å²) < 4.78 is 5.14. The van der Waals surface area contributed by atoms with Crippen molar-refractivity contribution >= 4 is 17.4 Å². The molecule has 1 aromatic heterocycles. The van der Waals surface area contributed by atoms with E-state index < -0.39 is 17.7 Å². The smallest absolute Gasteiger partial charge is 0.295 e. The van der Waals surface area contributed by atoms with Crippen LogP contribution in [0.5, 0.6) is 5.75 Å². The number of ketones is 1. The van der Waals surface area contributed by atoms with E-state index in [4.69, 9.17) is 4.74 Å². The maximum Gasteiger partial charge on any atom is 0.295 e. The Balaban J connectivity index is 2.05.